The van der Waals surface area contributed by atoms with Crippen LogP contribution in [0, 0.1) is 0 Å². The third-order valence-electron chi connectivity index (χ3n) is 5.78. The Labute approximate surface area is 193 Å². The Kier molecular flexibility index (Phi) is 7.19. The summed E-state index contributed by atoms with van der Waals surface area (Å²) in [6, 6.07) is 17.5. The molecule has 170 valence electrons. The summed E-state index contributed by atoms with van der Waals surface area (Å²) < 4.78 is 7.12. The number of aromatic nitrogens is 2. The minimum atomic E-state index is -0.138. The number of ether oxygens (including phenoxy) is 1. The highest BCUT2D eigenvalue weighted by atomic mass is 16.5. The van der Waals surface area contributed by atoms with E-state index in [-0.39, 0.29) is 17.9 Å². The van der Waals surface area contributed by atoms with Gasteiger partial charge in [0.05, 0.1) is 25.4 Å². The molecule has 0 unspecified atom stereocenters. The summed E-state index contributed by atoms with van der Waals surface area (Å²) in [4.78, 5) is 26.9. The van der Waals surface area contributed by atoms with E-state index in [0.29, 0.717) is 19.5 Å². The van der Waals surface area contributed by atoms with Crippen molar-refractivity contribution in [1.82, 2.24) is 20.0 Å². The van der Waals surface area contributed by atoms with Crippen LogP contribution in [0.4, 0.5) is 0 Å². The quantitative estimate of drug-likeness (QED) is 0.568. The molecule has 0 saturated carbocycles. The number of piperidine rings is 1. The fourth-order valence-electron chi connectivity index (χ4n) is 3.96. The number of methoxy groups -OCH3 is 1. The van der Waals surface area contributed by atoms with Crippen LogP contribution >= 0.6 is 0 Å². The van der Waals surface area contributed by atoms with Gasteiger partial charge in [-0.15, -0.1) is 0 Å². The molecule has 1 aliphatic rings. The number of nitrogens with zero attached hydrogens (tertiary/aromatic N) is 3. The van der Waals surface area contributed by atoms with Gasteiger partial charge in [-0.25, -0.2) is 4.68 Å². The molecule has 0 bridgehead atoms. The zero-order valence-corrected chi connectivity index (χ0v) is 18.7. The van der Waals surface area contributed by atoms with Crippen molar-refractivity contribution in [2.75, 3.05) is 20.2 Å². The van der Waals surface area contributed by atoms with Crippen molar-refractivity contribution in [1.29, 1.82) is 0 Å². The van der Waals surface area contributed by atoms with E-state index in [2.05, 4.69) is 10.4 Å². The Morgan fingerprint density at radius 2 is 1.82 bits per heavy atom. The number of carbonyl (C=O) groups is 2. The van der Waals surface area contributed by atoms with Gasteiger partial charge in [0.15, 0.2) is 0 Å². The van der Waals surface area contributed by atoms with E-state index >= 15 is 0 Å². The molecule has 1 aliphatic heterocycles. The number of amides is 2. The van der Waals surface area contributed by atoms with Crippen molar-refractivity contribution in [3.8, 4) is 11.4 Å². The average Bonchev–Trinajstić information content (AvgIpc) is 3.33. The third-order valence-corrected chi connectivity index (χ3v) is 5.78. The maximum atomic E-state index is 12.7. The first kappa shape index (κ1) is 22.3. The fraction of sp³-hybridized carbons (Fsp3) is 0.269. The normalized spacial score (nSPS) is 14.4. The van der Waals surface area contributed by atoms with Crippen molar-refractivity contribution >= 4 is 17.9 Å². The molecule has 3 aromatic rings. The topological polar surface area (TPSA) is 76.5 Å². The van der Waals surface area contributed by atoms with Crippen molar-refractivity contribution < 1.29 is 14.3 Å². The molecule has 7 heteroatoms. The van der Waals surface area contributed by atoms with Gasteiger partial charge in [-0.1, -0.05) is 36.4 Å². The number of para-hydroxylation sites is 2. The Morgan fingerprint density at radius 1 is 1.09 bits per heavy atom. The van der Waals surface area contributed by atoms with Gasteiger partial charge in [0.1, 0.15) is 5.75 Å². The van der Waals surface area contributed by atoms with Crippen LogP contribution in [0.5, 0.6) is 5.75 Å². The summed E-state index contributed by atoms with van der Waals surface area (Å²) in [5.74, 6) is 0.676. The van der Waals surface area contributed by atoms with Crippen molar-refractivity contribution in [2.24, 2.45) is 0 Å². The molecule has 7 nitrogen and oxygen atoms in total. The SMILES string of the molecule is COc1ccccc1CC(=O)N1CCC(NC(=O)/C=C/c2cnn(-c3ccccc3)c2)CC1. The van der Waals surface area contributed by atoms with E-state index in [1.165, 1.54) is 6.08 Å². The molecule has 0 aliphatic carbocycles. The van der Waals surface area contributed by atoms with Crippen LogP contribution in [0.1, 0.15) is 24.0 Å². The van der Waals surface area contributed by atoms with Gasteiger partial charge < -0.3 is 15.0 Å². The predicted octanol–water partition coefficient (Wildman–Crippen LogP) is 3.24. The van der Waals surface area contributed by atoms with E-state index in [0.717, 1.165) is 35.4 Å². The van der Waals surface area contributed by atoms with E-state index in [1.54, 1.807) is 24.1 Å². The Balaban J connectivity index is 1.24. The second kappa shape index (κ2) is 10.6. The zero-order valence-electron chi connectivity index (χ0n) is 18.7. The number of likely N-dealkylation sites (tertiary alicyclic amines) is 1. The van der Waals surface area contributed by atoms with Gasteiger partial charge in [0.25, 0.3) is 0 Å². The molecule has 33 heavy (non-hydrogen) atoms. The second-order valence-corrected chi connectivity index (χ2v) is 8.04. The predicted molar refractivity (Wildman–Crippen MR) is 127 cm³/mol. The maximum absolute atomic E-state index is 12.7. The highest BCUT2D eigenvalue weighted by Gasteiger charge is 2.24. The van der Waals surface area contributed by atoms with Crippen molar-refractivity contribution in [2.45, 2.75) is 25.3 Å². The number of hydrogen-bond donors (Lipinski definition) is 1. The molecule has 0 radical (unpaired) electrons. The lowest BCUT2D eigenvalue weighted by molar-refractivity contribution is -0.131. The van der Waals surface area contributed by atoms with Gasteiger partial charge in [-0.3, -0.25) is 9.59 Å². The number of benzene rings is 2. The van der Waals surface area contributed by atoms with Crippen molar-refractivity contribution in [3.63, 3.8) is 0 Å². The third kappa shape index (κ3) is 5.88. The molecule has 0 atom stereocenters. The first-order chi connectivity index (χ1) is 16.1. The van der Waals surface area contributed by atoms with Crippen molar-refractivity contribution in [3.05, 3.63) is 84.2 Å². The summed E-state index contributed by atoms with van der Waals surface area (Å²) >= 11 is 0. The average molecular weight is 445 g/mol. The van der Waals surface area contributed by atoms with Gasteiger partial charge in [-0.2, -0.15) is 5.10 Å². The van der Waals surface area contributed by atoms with E-state index < -0.39 is 0 Å². The maximum Gasteiger partial charge on any atom is 0.244 e. The summed E-state index contributed by atoms with van der Waals surface area (Å²) in [7, 11) is 1.61. The number of nitrogens with one attached hydrogen (secondary N) is 1. The monoisotopic (exact) mass is 444 g/mol. The van der Waals surface area contributed by atoms with Crippen LogP contribution in [0.2, 0.25) is 0 Å². The molecule has 2 aromatic carbocycles. The lowest BCUT2D eigenvalue weighted by Gasteiger charge is -2.32. The molecule has 1 aromatic heterocycles. The largest absolute Gasteiger partial charge is 0.496 e. The lowest BCUT2D eigenvalue weighted by Crippen LogP contribution is -2.46. The number of hydrogen-bond acceptors (Lipinski definition) is 4. The lowest BCUT2D eigenvalue weighted by atomic mass is 10.0. The zero-order chi connectivity index (χ0) is 23.0. The standard InChI is InChI=1S/C26H28N4O3/c1-33-24-10-6-5-7-21(24)17-26(32)29-15-13-22(14-16-29)28-25(31)12-11-20-18-27-30(19-20)23-8-3-2-4-9-23/h2-12,18-19,22H,13-17H2,1H3,(H,28,31)/b12-11+. The summed E-state index contributed by atoms with van der Waals surface area (Å²) in [5.41, 5.74) is 2.71. The molecule has 0 spiro atoms. The van der Waals surface area contributed by atoms with E-state index in [9.17, 15) is 9.59 Å². The summed E-state index contributed by atoms with van der Waals surface area (Å²) in [6.07, 6.45) is 8.69. The van der Waals surface area contributed by atoms with E-state index in [4.69, 9.17) is 4.74 Å². The Morgan fingerprint density at radius 3 is 2.58 bits per heavy atom. The number of rotatable bonds is 7. The Hall–Kier alpha value is -3.87. The fourth-order valence-corrected chi connectivity index (χ4v) is 3.96. The molecular weight excluding hydrogens is 416 g/mol. The highest BCUT2D eigenvalue weighted by Crippen LogP contribution is 2.20. The second-order valence-electron chi connectivity index (χ2n) is 8.04. The summed E-state index contributed by atoms with van der Waals surface area (Å²) in [6.45, 7) is 1.26. The smallest absolute Gasteiger partial charge is 0.244 e. The van der Waals surface area contributed by atoms with Gasteiger partial charge in [0.2, 0.25) is 11.8 Å². The van der Waals surface area contributed by atoms with Gasteiger partial charge in [-0.05, 0) is 37.1 Å². The van der Waals surface area contributed by atoms with Crippen LogP contribution in [0.15, 0.2) is 73.1 Å². The minimum Gasteiger partial charge on any atom is -0.496 e. The molecule has 1 fully saturated rings. The van der Waals surface area contributed by atoms with Crippen LogP contribution < -0.4 is 10.1 Å². The molecule has 2 amide bonds. The molecule has 4 rings (SSSR count). The van der Waals surface area contributed by atoms with Crippen LogP contribution in [0.3, 0.4) is 0 Å². The first-order valence-electron chi connectivity index (χ1n) is 11.1. The van der Waals surface area contributed by atoms with E-state index in [1.807, 2.05) is 65.7 Å². The highest BCUT2D eigenvalue weighted by molar-refractivity contribution is 5.91. The van der Waals surface area contributed by atoms with Crippen LogP contribution in [-0.2, 0) is 16.0 Å². The molecule has 1 N–H and O–H groups in total. The Bertz CT molecular complexity index is 1120. The van der Waals surface area contributed by atoms with Crippen LogP contribution in [0.25, 0.3) is 11.8 Å². The first-order valence-corrected chi connectivity index (χ1v) is 11.1. The molecule has 2 heterocycles. The van der Waals surface area contributed by atoms with Gasteiger partial charge >= 0.3 is 0 Å². The summed E-state index contributed by atoms with van der Waals surface area (Å²) in [5, 5.41) is 7.38. The van der Waals surface area contributed by atoms with Gasteiger partial charge in [0, 0.05) is 42.5 Å². The number of carbonyl (C=O) groups excluding carboxylic acids is 2. The molecule has 1 saturated heterocycles. The minimum absolute atomic E-state index is 0.0597. The van der Waals surface area contributed by atoms with Crippen LogP contribution in [-0.4, -0.2) is 52.7 Å². The molecular formula is C26H28N4O3.